The van der Waals surface area contributed by atoms with Crippen LogP contribution in [0.1, 0.15) is 17.0 Å². The first-order valence-electron chi connectivity index (χ1n) is 9.00. The zero-order chi connectivity index (χ0) is 20.7. The monoisotopic (exact) mass is 406 g/mol. The molecule has 1 fully saturated rings. The van der Waals surface area contributed by atoms with Crippen molar-refractivity contribution in [2.75, 3.05) is 6.54 Å². The number of carboxylic acids is 1. The Bertz CT molecular complexity index is 1210. The maximum Gasteiger partial charge on any atom is 0.323 e. The molecular weight excluding hydrogens is 388 g/mol. The molecule has 0 radical (unpaired) electrons. The summed E-state index contributed by atoms with van der Waals surface area (Å²) >= 11 is 0.766. The van der Waals surface area contributed by atoms with Crippen molar-refractivity contribution in [1.82, 2.24) is 9.47 Å². The summed E-state index contributed by atoms with van der Waals surface area (Å²) in [5.74, 6) is -1.79. The molecule has 2 heterocycles. The van der Waals surface area contributed by atoms with Crippen molar-refractivity contribution in [2.45, 2.75) is 13.8 Å². The Hall–Kier alpha value is -3.32. The van der Waals surface area contributed by atoms with Crippen LogP contribution >= 0.6 is 11.8 Å². The summed E-state index contributed by atoms with van der Waals surface area (Å²) in [6, 6.07) is 16.3. The van der Waals surface area contributed by atoms with Gasteiger partial charge in [0.25, 0.3) is 11.1 Å². The number of benzene rings is 2. The predicted octanol–water partition coefficient (Wildman–Crippen LogP) is 4.37. The molecule has 0 saturated carbocycles. The molecule has 0 unspecified atom stereocenters. The lowest BCUT2D eigenvalue weighted by atomic mass is 10.1. The molecule has 146 valence electrons. The van der Waals surface area contributed by atoms with Crippen LogP contribution in [0.4, 0.5) is 4.79 Å². The van der Waals surface area contributed by atoms with Crippen LogP contribution in [0.2, 0.25) is 0 Å². The second kappa shape index (κ2) is 7.25. The Kier molecular flexibility index (Phi) is 4.76. The van der Waals surface area contributed by atoms with E-state index >= 15 is 0 Å². The maximum absolute atomic E-state index is 12.4. The van der Waals surface area contributed by atoms with Crippen molar-refractivity contribution in [3.63, 3.8) is 0 Å². The molecule has 4 rings (SSSR count). The number of hydrogen-bond donors (Lipinski definition) is 1. The minimum Gasteiger partial charge on any atom is -0.480 e. The third-order valence-electron chi connectivity index (χ3n) is 4.92. The van der Waals surface area contributed by atoms with Gasteiger partial charge in [0.05, 0.1) is 4.91 Å². The van der Waals surface area contributed by atoms with E-state index in [4.69, 9.17) is 5.11 Å². The molecule has 6 nitrogen and oxygen atoms in total. The van der Waals surface area contributed by atoms with Gasteiger partial charge in [-0.05, 0) is 66.2 Å². The van der Waals surface area contributed by atoms with Gasteiger partial charge in [-0.2, -0.15) is 0 Å². The Labute approximate surface area is 171 Å². The van der Waals surface area contributed by atoms with Crippen molar-refractivity contribution < 1.29 is 19.5 Å². The van der Waals surface area contributed by atoms with Crippen molar-refractivity contribution in [3.8, 4) is 5.69 Å². The van der Waals surface area contributed by atoms with Crippen molar-refractivity contribution in [3.05, 3.63) is 70.4 Å². The first-order chi connectivity index (χ1) is 13.8. The third-order valence-corrected chi connectivity index (χ3v) is 5.82. The highest BCUT2D eigenvalue weighted by molar-refractivity contribution is 8.18. The molecule has 1 aliphatic heterocycles. The smallest absolute Gasteiger partial charge is 0.323 e. The second-order valence-corrected chi connectivity index (χ2v) is 7.85. The second-order valence-electron chi connectivity index (χ2n) is 6.85. The molecule has 0 atom stereocenters. The Morgan fingerprint density at radius 3 is 2.52 bits per heavy atom. The first-order valence-corrected chi connectivity index (χ1v) is 9.82. The molecule has 29 heavy (non-hydrogen) atoms. The van der Waals surface area contributed by atoms with Gasteiger partial charge in [-0.25, -0.2) is 0 Å². The standard InChI is InChI=1S/C22H18N2O4S/c1-13-9-17(11-19-21(27)23(12-20(25)26)22(28)29-19)14(2)24(13)18-8-7-15-5-3-4-6-16(15)10-18/h3-11H,12H2,1-2H3,(H,25,26)/b19-11+. The fourth-order valence-corrected chi connectivity index (χ4v) is 4.39. The van der Waals surface area contributed by atoms with Crippen molar-refractivity contribution in [2.24, 2.45) is 0 Å². The minimum absolute atomic E-state index is 0.231. The number of aromatic nitrogens is 1. The summed E-state index contributed by atoms with van der Waals surface area (Å²) in [5.41, 5.74) is 3.76. The average Bonchev–Trinajstić information content (AvgIpc) is 3.11. The Morgan fingerprint density at radius 1 is 1.07 bits per heavy atom. The molecular formula is C22H18N2O4S. The van der Waals surface area contributed by atoms with Gasteiger partial charge in [0.2, 0.25) is 0 Å². The van der Waals surface area contributed by atoms with Crippen LogP contribution in [0, 0.1) is 13.8 Å². The minimum atomic E-state index is -1.22. The lowest BCUT2D eigenvalue weighted by molar-refractivity contribution is -0.140. The molecule has 0 aliphatic carbocycles. The molecule has 3 aromatic rings. The van der Waals surface area contributed by atoms with Gasteiger partial charge >= 0.3 is 5.97 Å². The Balaban J connectivity index is 1.72. The molecule has 7 heteroatoms. The number of aryl methyl sites for hydroxylation is 1. The molecule has 1 N–H and O–H groups in total. The van der Waals surface area contributed by atoms with E-state index in [9.17, 15) is 14.4 Å². The third kappa shape index (κ3) is 3.45. The summed E-state index contributed by atoms with van der Waals surface area (Å²) in [6.07, 6.45) is 1.66. The number of carbonyl (C=O) groups is 3. The molecule has 1 aromatic heterocycles. The number of hydrogen-bond acceptors (Lipinski definition) is 4. The number of thioether (sulfide) groups is 1. The van der Waals surface area contributed by atoms with Crippen LogP contribution in [0.15, 0.2) is 53.4 Å². The fourth-order valence-electron chi connectivity index (χ4n) is 3.56. The SMILES string of the molecule is Cc1cc(/C=C2/SC(=O)N(CC(=O)O)C2=O)c(C)n1-c1ccc2ccccc2c1. The summed E-state index contributed by atoms with van der Waals surface area (Å²) in [6.45, 7) is 3.31. The van der Waals surface area contributed by atoms with Gasteiger partial charge < -0.3 is 9.67 Å². The highest BCUT2D eigenvalue weighted by Crippen LogP contribution is 2.33. The fraction of sp³-hybridized carbons (Fsp3) is 0.136. The summed E-state index contributed by atoms with van der Waals surface area (Å²) in [7, 11) is 0. The van der Waals surface area contributed by atoms with Crippen LogP contribution < -0.4 is 0 Å². The van der Waals surface area contributed by atoms with Crippen molar-refractivity contribution >= 4 is 45.7 Å². The quantitative estimate of drug-likeness (QED) is 0.651. The molecule has 1 saturated heterocycles. The zero-order valence-corrected chi connectivity index (χ0v) is 16.7. The maximum atomic E-state index is 12.4. The highest BCUT2D eigenvalue weighted by Gasteiger charge is 2.36. The van der Waals surface area contributed by atoms with Crippen LogP contribution in [0.5, 0.6) is 0 Å². The number of nitrogens with zero attached hydrogens (tertiary/aromatic N) is 2. The average molecular weight is 406 g/mol. The lowest BCUT2D eigenvalue weighted by Gasteiger charge is -2.11. The predicted molar refractivity (Wildman–Crippen MR) is 113 cm³/mol. The number of rotatable bonds is 4. The largest absolute Gasteiger partial charge is 0.480 e. The van der Waals surface area contributed by atoms with Crippen LogP contribution in [-0.2, 0) is 9.59 Å². The number of fused-ring (bicyclic) bond motifs is 1. The summed E-state index contributed by atoms with van der Waals surface area (Å²) < 4.78 is 2.10. The number of amides is 2. The number of aliphatic carboxylic acids is 1. The van der Waals surface area contributed by atoms with E-state index in [0.29, 0.717) is 0 Å². The number of carbonyl (C=O) groups excluding carboxylic acids is 2. The zero-order valence-electron chi connectivity index (χ0n) is 15.9. The summed E-state index contributed by atoms with van der Waals surface area (Å²) in [4.78, 5) is 36.3. The van der Waals surface area contributed by atoms with Gasteiger partial charge in [-0.3, -0.25) is 19.3 Å². The van der Waals surface area contributed by atoms with E-state index < -0.39 is 23.7 Å². The van der Waals surface area contributed by atoms with Crippen LogP contribution in [-0.4, -0.2) is 38.2 Å². The van der Waals surface area contributed by atoms with Crippen molar-refractivity contribution in [1.29, 1.82) is 0 Å². The van der Waals surface area contributed by atoms with E-state index in [1.165, 1.54) is 0 Å². The van der Waals surface area contributed by atoms with Gasteiger partial charge in [0.15, 0.2) is 0 Å². The molecule has 0 bridgehead atoms. The van der Waals surface area contributed by atoms with Gasteiger partial charge in [0.1, 0.15) is 6.54 Å². The highest BCUT2D eigenvalue weighted by atomic mass is 32.2. The van der Waals surface area contributed by atoms with E-state index in [0.717, 1.165) is 50.1 Å². The van der Waals surface area contributed by atoms with E-state index in [-0.39, 0.29) is 4.91 Å². The topological polar surface area (TPSA) is 79.6 Å². The number of carboxylic acid groups (broad SMARTS) is 1. The number of imide groups is 1. The van der Waals surface area contributed by atoms with E-state index in [2.05, 4.69) is 28.8 Å². The van der Waals surface area contributed by atoms with Crippen LogP contribution in [0.3, 0.4) is 0 Å². The van der Waals surface area contributed by atoms with E-state index in [1.807, 2.05) is 38.1 Å². The molecule has 0 spiro atoms. The van der Waals surface area contributed by atoms with Crippen LogP contribution in [0.25, 0.3) is 22.5 Å². The Morgan fingerprint density at radius 2 is 1.79 bits per heavy atom. The van der Waals surface area contributed by atoms with E-state index in [1.54, 1.807) is 6.08 Å². The molecule has 2 aromatic carbocycles. The van der Waals surface area contributed by atoms with Gasteiger partial charge in [-0.1, -0.05) is 30.3 Å². The summed E-state index contributed by atoms with van der Waals surface area (Å²) in [5, 5.41) is 10.6. The van der Waals surface area contributed by atoms with Gasteiger partial charge in [0, 0.05) is 17.1 Å². The lowest BCUT2D eigenvalue weighted by Crippen LogP contribution is -2.33. The molecule has 1 aliphatic rings. The molecule has 2 amide bonds. The first kappa shape index (κ1) is 19.0. The normalized spacial score (nSPS) is 15.7. The van der Waals surface area contributed by atoms with Gasteiger partial charge in [-0.15, -0.1) is 0 Å².